The normalized spacial score (nSPS) is 12.1. The van der Waals surface area contributed by atoms with Gasteiger partial charge in [0.1, 0.15) is 6.04 Å². The number of nitrogens with one attached hydrogen (secondary N) is 2. The quantitative estimate of drug-likeness (QED) is 0.662. The molecular weight excluding hydrogens is 304 g/mol. The lowest BCUT2D eigenvalue weighted by Crippen LogP contribution is -2.34. The molecule has 0 saturated carbocycles. The van der Waals surface area contributed by atoms with Crippen molar-refractivity contribution in [2.75, 3.05) is 0 Å². The lowest BCUT2D eigenvalue weighted by molar-refractivity contribution is -0.122. The number of H-pyrrole nitrogens is 1. The van der Waals surface area contributed by atoms with Crippen LogP contribution in [0.4, 0.5) is 0 Å². The first-order valence-electron chi connectivity index (χ1n) is 7.70. The van der Waals surface area contributed by atoms with Crippen LogP contribution in [0.5, 0.6) is 0 Å². The number of nitrogens with two attached hydrogens (primary N) is 1. The summed E-state index contributed by atoms with van der Waals surface area (Å²) in [5.41, 5.74) is 10.3. The Morgan fingerprint density at radius 2 is 2.12 bits per heavy atom. The third-order valence-corrected chi connectivity index (χ3v) is 3.97. The van der Waals surface area contributed by atoms with E-state index >= 15 is 0 Å². The van der Waals surface area contributed by atoms with E-state index < -0.39 is 6.04 Å². The highest BCUT2D eigenvalue weighted by molar-refractivity contribution is 5.83. The monoisotopic (exact) mass is 324 g/mol. The molecule has 0 radical (unpaired) electrons. The Hall–Kier alpha value is -2.93. The first-order chi connectivity index (χ1) is 11.6. The lowest BCUT2D eigenvalue weighted by atomic mass is 10.0. The van der Waals surface area contributed by atoms with Crippen LogP contribution in [0.3, 0.4) is 0 Å². The third kappa shape index (κ3) is 3.07. The smallest absolute Gasteiger partial charge is 0.241 e. The SMILES string of the molecule is Cc1n[nH]c(C)c1C(N)C(=O)NCc1ccccc1-n1cccn1. The molecule has 0 aliphatic carbocycles. The van der Waals surface area contributed by atoms with Gasteiger partial charge in [0.2, 0.25) is 5.91 Å². The van der Waals surface area contributed by atoms with Crippen LogP contribution in [-0.4, -0.2) is 25.9 Å². The van der Waals surface area contributed by atoms with Crippen molar-refractivity contribution >= 4 is 5.91 Å². The zero-order chi connectivity index (χ0) is 17.1. The fourth-order valence-electron chi connectivity index (χ4n) is 2.74. The number of aromatic nitrogens is 4. The minimum Gasteiger partial charge on any atom is -0.350 e. The summed E-state index contributed by atoms with van der Waals surface area (Å²) < 4.78 is 1.77. The molecule has 0 bridgehead atoms. The van der Waals surface area contributed by atoms with E-state index in [1.54, 1.807) is 10.9 Å². The van der Waals surface area contributed by atoms with E-state index in [4.69, 9.17) is 5.73 Å². The number of rotatable bonds is 5. The van der Waals surface area contributed by atoms with E-state index in [9.17, 15) is 4.79 Å². The standard InChI is InChI=1S/C17H20N6O/c1-11-15(12(2)22-21-11)16(18)17(24)19-10-13-6-3-4-7-14(13)23-9-5-8-20-23/h3-9,16H,10,18H2,1-2H3,(H,19,24)(H,21,22). The number of hydrogen-bond donors (Lipinski definition) is 3. The first-order valence-corrected chi connectivity index (χ1v) is 7.70. The van der Waals surface area contributed by atoms with Crippen LogP contribution in [0.1, 0.15) is 28.6 Å². The van der Waals surface area contributed by atoms with Gasteiger partial charge >= 0.3 is 0 Å². The summed E-state index contributed by atoms with van der Waals surface area (Å²) >= 11 is 0. The van der Waals surface area contributed by atoms with Crippen molar-refractivity contribution < 1.29 is 4.79 Å². The zero-order valence-electron chi connectivity index (χ0n) is 13.7. The van der Waals surface area contributed by atoms with Crippen LogP contribution in [0.2, 0.25) is 0 Å². The number of amides is 1. The molecule has 0 fully saturated rings. The molecule has 3 rings (SSSR count). The minimum atomic E-state index is -0.749. The summed E-state index contributed by atoms with van der Waals surface area (Å²) in [7, 11) is 0. The van der Waals surface area contributed by atoms with Gasteiger partial charge in [-0.25, -0.2) is 4.68 Å². The van der Waals surface area contributed by atoms with Crippen molar-refractivity contribution in [3.63, 3.8) is 0 Å². The number of para-hydroxylation sites is 1. The molecule has 124 valence electrons. The average molecular weight is 324 g/mol. The number of hydrogen-bond acceptors (Lipinski definition) is 4. The molecule has 1 amide bonds. The number of benzene rings is 1. The van der Waals surface area contributed by atoms with Crippen LogP contribution in [0, 0.1) is 13.8 Å². The molecule has 2 aromatic heterocycles. The van der Waals surface area contributed by atoms with E-state index in [0.29, 0.717) is 6.54 Å². The Morgan fingerprint density at radius 1 is 1.33 bits per heavy atom. The highest BCUT2D eigenvalue weighted by Gasteiger charge is 2.21. The molecule has 0 saturated heterocycles. The molecule has 24 heavy (non-hydrogen) atoms. The van der Waals surface area contributed by atoms with Gasteiger partial charge in [0.25, 0.3) is 0 Å². The number of carbonyl (C=O) groups excluding carboxylic acids is 1. The van der Waals surface area contributed by atoms with Crippen molar-refractivity contribution in [2.45, 2.75) is 26.4 Å². The summed E-state index contributed by atoms with van der Waals surface area (Å²) in [5, 5.41) is 14.1. The Balaban J connectivity index is 1.74. The van der Waals surface area contributed by atoms with Gasteiger partial charge in [-0.3, -0.25) is 9.89 Å². The Kier molecular flexibility index (Phi) is 4.43. The highest BCUT2D eigenvalue weighted by Crippen LogP contribution is 2.18. The number of carbonyl (C=O) groups is 1. The Labute approximate surface area is 139 Å². The van der Waals surface area contributed by atoms with Crippen molar-refractivity contribution in [2.24, 2.45) is 5.73 Å². The van der Waals surface area contributed by atoms with E-state index in [1.165, 1.54) is 0 Å². The van der Waals surface area contributed by atoms with Gasteiger partial charge in [-0.15, -0.1) is 0 Å². The van der Waals surface area contributed by atoms with E-state index in [1.807, 2.05) is 50.4 Å². The second kappa shape index (κ2) is 6.67. The van der Waals surface area contributed by atoms with Crippen molar-refractivity contribution in [1.29, 1.82) is 0 Å². The summed E-state index contributed by atoms with van der Waals surface area (Å²) in [6.07, 6.45) is 3.58. The largest absolute Gasteiger partial charge is 0.350 e. The maximum atomic E-state index is 12.4. The van der Waals surface area contributed by atoms with Crippen LogP contribution >= 0.6 is 0 Å². The summed E-state index contributed by atoms with van der Waals surface area (Å²) in [4.78, 5) is 12.4. The molecular formula is C17H20N6O. The van der Waals surface area contributed by atoms with Crippen molar-refractivity contribution in [1.82, 2.24) is 25.3 Å². The van der Waals surface area contributed by atoms with E-state index in [2.05, 4.69) is 20.6 Å². The second-order valence-corrected chi connectivity index (χ2v) is 5.62. The van der Waals surface area contributed by atoms with Gasteiger partial charge in [0.05, 0.1) is 11.4 Å². The average Bonchev–Trinajstić information content (AvgIpc) is 3.22. The molecule has 3 aromatic rings. The van der Waals surface area contributed by atoms with Crippen molar-refractivity contribution in [3.8, 4) is 5.69 Å². The number of aromatic amines is 1. The van der Waals surface area contributed by atoms with Crippen LogP contribution < -0.4 is 11.1 Å². The molecule has 4 N–H and O–H groups in total. The number of nitrogens with zero attached hydrogens (tertiary/aromatic N) is 3. The van der Waals surface area contributed by atoms with E-state index in [-0.39, 0.29) is 5.91 Å². The predicted octanol–water partition coefficient (Wildman–Crippen LogP) is 1.53. The molecule has 0 spiro atoms. The molecule has 1 atom stereocenters. The van der Waals surface area contributed by atoms with E-state index in [0.717, 1.165) is 28.2 Å². The van der Waals surface area contributed by atoms with Gasteiger partial charge in [-0.05, 0) is 31.5 Å². The van der Waals surface area contributed by atoms with Gasteiger partial charge in [0.15, 0.2) is 0 Å². The van der Waals surface area contributed by atoms with Gasteiger partial charge in [-0.1, -0.05) is 18.2 Å². The second-order valence-electron chi connectivity index (χ2n) is 5.62. The molecule has 7 nitrogen and oxygen atoms in total. The predicted molar refractivity (Wildman–Crippen MR) is 90.4 cm³/mol. The summed E-state index contributed by atoms with van der Waals surface area (Å²) in [5.74, 6) is -0.238. The molecule has 0 aliphatic heterocycles. The zero-order valence-corrected chi connectivity index (χ0v) is 13.7. The lowest BCUT2D eigenvalue weighted by Gasteiger charge is -2.14. The van der Waals surface area contributed by atoms with Crippen LogP contribution in [0.15, 0.2) is 42.7 Å². The minimum absolute atomic E-state index is 0.238. The maximum Gasteiger partial charge on any atom is 0.241 e. The molecule has 1 aromatic carbocycles. The summed E-state index contributed by atoms with van der Waals surface area (Å²) in [6, 6.07) is 8.89. The van der Waals surface area contributed by atoms with Crippen LogP contribution in [0.25, 0.3) is 5.69 Å². The molecule has 7 heteroatoms. The Bertz CT molecular complexity index is 817. The summed E-state index contributed by atoms with van der Waals surface area (Å²) in [6.45, 7) is 4.06. The van der Waals surface area contributed by atoms with Gasteiger partial charge in [-0.2, -0.15) is 10.2 Å². The van der Waals surface area contributed by atoms with Crippen LogP contribution in [-0.2, 0) is 11.3 Å². The maximum absolute atomic E-state index is 12.4. The van der Waals surface area contributed by atoms with Crippen molar-refractivity contribution in [3.05, 3.63) is 65.2 Å². The molecule has 2 heterocycles. The fraction of sp³-hybridized carbons (Fsp3) is 0.235. The number of aryl methyl sites for hydroxylation is 2. The highest BCUT2D eigenvalue weighted by atomic mass is 16.2. The molecule has 1 unspecified atom stereocenters. The topological polar surface area (TPSA) is 102 Å². The Morgan fingerprint density at radius 3 is 2.79 bits per heavy atom. The molecule has 0 aliphatic rings. The van der Waals surface area contributed by atoms with Gasteiger partial charge in [0, 0.05) is 30.2 Å². The third-order valence-electron chi connectivity index (χ3n) is 3.97. The fourth-order valence-corrected chi connectivity index (χ4v) is 2.74. The first kappa shape index (κ1) is 15.9. The van der Waals surface area contributed by atoms with Gasteiger partial charge < -0.3 is 11.1 Å².